The summed E-state index contributed by atoms with van der Waals surface area (Å²) in [5.41, 5.74) is -0.671. The Kier molecular flexibility index (Phi) is 5.16. The van der Waals surface area contributed by atoms with E-state index in [0.29, 0.717) is 11.6 Å². The number of carbonyl (C=O) groups is 1. The molecule has 0 aliphatic heterocycles. The maximum Gasteiger partial charge on any atom is 0.417 e. The topological polar surface area (TPSA) is 89.3 Å². The molecule has 3 rings (SSSR count). The van der Waals surface area contributed by atoms with E-state index < -0.39 is 32.6 Å². The first-order valence-electron chi connectivity index (χ1n) is 8.21. The van der Waals surface area contributed by atoms with E-state index >= 15 is 0 Å². The van der Waals surface area contributed by atoms with Crippen LogP contribution in [0.4, 0.5) is 13.2 Å². The molecule has 0 aliphatic rings. The van der Waals surface area contributed by atoms with Crippen molar-refractivity contribution in [2.75, 3.05) is 0 Å². The van der Waals surface area contributed by atoms with Crippen LogP contribution in [-0.2, 0) is 27.4 Å². The Morgan fingerprint density at radius 3 is 2.54 bits per heavy atom. The number of rotatable bonds is 6. The summed E-state index contributed by atoms with van der Waals surface area (Å²) in [6.07, 6.45) is -3.44. The van der Waals surface area contributed by atoms with Crippen molar-refractivity contribution in [2.45, 2.75) is 30.3 Å². The zero-order valence-corrected chi connectivity index (χ0v) is 15.2. The normalized spacial score (nSPS) is 12.4. The summed E-state index contributed by atoms with van der Waals surface area (Å²) in [6.45, 7) is 0. The van der Waals surface area contributed by atoms with Crippen LogP contribution in [0.25, 0.3) is 11.0 Å². The average Bonchev–Trinajstić information content (AvgIpc) is 2.99. The molecule has 0 aliphatic carbocycles. The van der Waals surface area contributed by atoms with Gasteiger partial charge in [-0.2, -0.15) is 13.2 Å². The Bertz CT molecular complexity index is 1140. The van der Waals surface area contributed by atoms with Crippen molar-refractivity contribution < 1.29 is 31.5 Å². The molecule has 10 heteroatoms. The van der Waals surface area contributed by atoms with E-state index in [0.717, 1.165) is 16.1 Å². The van der Waals surface area contributed by atoms with E-state index in [1.54, 1.807) is 0 Å². The molecule has 0 spiro atoms. The molecule has 2 heterocycles. The fraction of sp³-hybridized carbons (Fsp3) is 0.222. The van der Waals surface area contributed by atoms with Crippen LogP contribution >= 0.6 is 0 Å². The molecule has 1 N–H and O–H groups in total. The van der Waals surface area contributed by atoms with Gasteiger partial charge >= 0.3 is 12.1 Å². The highest BCUT2D eigenvalue weighted by Crippen LogP contribution is 2.36. The van der Waals surface area contributed by atoms with Crippen LogP contribution in [0.2, 0.25) is 0 Å². The summed E-state index contributed by atoms with van der Waals surface area (Å²) >= 11 is 0. The maximum absolute atomic E-state index is 13.4. The molecule has 0 bridgehead atoms. The molecule has 0 fully saturated rings. The molecule has 3 aromatic rings. The van der Waals surface area contributed by atoms with Gasteiger partial charge in [0.25, 0.3) is 10.0 Å². The molecular weight excluding hydrogens is 397 g/mol. The largest absolute Gasteiger partial charge is 0.481 e. The lowest BCUT2D eigenvalue weighted by atomic mass is 10.2. The monoisotopic (exact) mass is 412 g/mol. The number of fused-ring (bicyclic) bond motifs is 1. The molecule has 0 saturated heterocycles. The van der Waals surface area contributed by atoms with Gasteiger partial charge in [-0.1, -0.05) is 12.1 Å². The number of aliphatic carboxylic acids is 1. The third-order valence-electron chi connectivity index (χ3n) is 4.13. The number of benzene rings is 1. The zero-order valence-electron chi connectivity index (χ0n) is 14.3. The Balaban J connectivity index is 2.21. The fourth-order valence-corrected chi connectivity index (χ4v) is 4.74. The summed E-state index contributed by atoms with van der Waals surface area (Å²) in [5, 5.41) is 8.80. The van der Waals surface area contributed by atoms with Crippen molar-refractivity contribution in [3.05, 3.63) is 59.9 Å². The minimum Gasteiger partial charge on any atom is -0.481 e. The first-order chi connectivity index (χ1) is 13.1. The highest BCUT2D eigenvalue weighted by Gasteiger charge is 2.38. The Labute approximate surface area is 158 Å². The predicted octanol–water partition coefficient (Wildman–Crippen LogP) is 3.70. The number of alkyl halides is 3. The van der Waals surface area contributed by atoms with Crippen molar-refractivity contribution in [2.24, 2.45) is 0 Å². The highest BCUT2D eigenvalue weighted by atomic mass is 32.2. The summed E-state index contributed by atoms with van der Waals surface area (Å²) in [6, 6.07) is 8.32. The SMILES string of the molecule is O=C(O)CCCc1cc2ncccc2n1S(=O)(=O)c1ccccc1C(F)(F)F. The lowest BCUT2D eigenvalue weighted by molar-refractivity contribution is -0.140. The quantitative estimate of drug-likeness (QED) is 0.667. The molecule has 2 aromatic heterocycles. The van der Waals surface area contributed by atoms with Gasteiger partial charge < -0.3 is 5.11 Å². The summed E-state index contributed by atoms with van der Waals surface area (Å²) < 4.78 is 67.4. The number of pyridine rings is 1. The van der Waals surface area contributed by atoms with E-state index in [9.17, 15) is 26.4 Å². The average molecular weight is 412 g/mol. The van der Waals surface area contributed by atoms with Crippen LogP contribution in [0.1, 0.15) is 24.1 Å². The van der Waals surface area contributed by atoms with Crippen molar-refractivity contribution in [1.82, 2.24) is 8.96 Å². The number of aryl methyl sites for hydroxylation is 1. The number of hydrogen-bond acceptors (Lipinski definition) is 4. The van der Waals surface area contributed by atoms with Gasteiger partial charge in [0.15, 0.2) is 0 Å². The molecule has 0 unspecified atom stereocenters. The number of nitrogens with zero attached hydrogens (tertiary/aromatic N) is 2. The van der Waals surface area contributed by atoms with Crippen LogP contribution in [0.5, 0.6) is 0 Å². The number of aromatic nitrogens is 2. The standard InChI is InChI=1S/C18H15F3N2O4S/c19-18(20,21)13-6-1-2-8-16(13)28(26,27)23-12(5-3-9-17(24)25)11-14-15(23)7-4-10-22-14/h1-2,4,6-8,10-11H,3,5,9H2,(H,24,25). The zero-order chi connectivity index (χ0) is 20.5. The van der Waals surface area contributed by atoms with E-state index in [4.69, 9.17) is 5.11 Å². The van der Waals surface area contributed by atoms with E-state index in [1.165, 1.54) is 30.5 Å². The molecule has 1 aromatic carbocycles. The second kappa shape index (κ2) is 7.27. The fourth-order valence-electron chi connectivity index (χ4n) is 2.97. The summed E-state index contributed by atoms with van der Waals surface area (Å²) in [4.78, 5) is 13.9. The van der Waals surface area contributed by atoms with Gasteiger partial charge in [0.05, 0.1) is 16.6 Å². The maximum atomic E-state index is 13.4. The van der Waals surface area contributed by atoms with E-state index in [-0.39, 0.29) is 30.5 Å². The first-order valence-corrected chi connectivity index (χ1v) is 9.65. The van der Waals surface area contributed by atoms with Crippen molar-refractivity contribution in [3.8, 4) is 0 Å². The molecular formula is C18H15F3N2O4S. The van der Waals surface area contributed by atoms with Crippen LogP contribution in [-0.4, -0.2) is 28.5 Å². The molecule has 0 atom stereocenters. The highest BCUT2D eigenvalue weighted by molar-refractivity contribution is 7.90. The van der Waals surface area contributed by atoms with Gasteiger partial charge in [0, 0.05) is 18.3 Å². The third kappa shape index (κ3) is 3.72. The molecule has 0 saturated carbocycles. The van der Waals surface area contributed by atoms with Gasteiger partial charge in [-0.3, -0.25) is 9.78 Å². The van der Waals surface area contributed by atoms with Crippen LogP contribution in [0.15, 0.2) is 53.6 Å². The second-order valence-electron chi connectivity index (χ2n) is 6.05. The summed E-state index contributed by atoms with van der Waals surface area (Å²) in [7, 11) is -4.61. The van der Waals surface area contributed by atoms with E-state index in [2.05, 4.69) is 4.98 Å². The lowest BCUT2D eigenvalue weighted by Crippen LogP contribution is -2.20. The Morgan fingerprint density at radius 1 is 1.14 bits per heavy atom. The number of hydrogen-bond donors (Lipinski definition) is 1. The van der Waals surface area contributed by atoms with Gasteiger partial charge in [0.2, 0.25) is 0 Å². The number of halogens is 3. The van der Waals surface area contributed by atoms with Crippen molar-refractivity contribution in [3.63, 3.8) is 0 Å². The molecule has 0 amide bonds. The van der Waals surface area contributed by atoms with Crippen LogP contribution in [0, 0.1) is 0 Å². The van der Waals surface area contributed by atoms with E-state index in [1.807, 2.05) is 0 Å². The number of carboxylic acids is 1. The molecule has 6 nitrogen and oxygen atoms in total. The van der Waals surface area contributed by atoms with Crippen molar-refractivity contribution >= 4 is 27.0 Å². The smallest absolute Gasteiger partial charge is 0.417 e. The minimum atomic E-state index is -4.85. The molecule has 148 valence electrons. The van der Waals surface area contributed by atoms with Gasteiger partial charge in [-0.15, -0.1) is 0 Å². The van der Waals surface area contributed by atoms with Gasteiger partial charge in [-0.05, 0) is 43.2 Å². The lowest BCUT2D eigenvalue weighted by Gasteiger charge is -2.16. The molecule has 28 heavy (non-hydrogen) atoms. The second-order valence-corrected chi connectivity index (χ2v) is 7.81. The third-order valence-corrected chi connectivity index (χ3v) is 5.96. The Hall–Kier alpha value is -2.88. The Morgan fingerprint density at radius 2 is 1.86 bits per heavy atom. The predicted molar refractivity (Wildman–Crippen MR) is 94.3 cm³/mol. The van der Waals surface area contributed by atoms with Crippen LogP contribution in [0.3, 0.4) is 0 Å². The minimum absolute atomic E-state index is 0.0517. The van der Waals surface area contributed by atoms with Gasteiger partial charge in [0.1, 0.15) is 4.90 Å². The molecule has 0 radical (unpaired) electrons. The van der Waals surface area contributed by atoms with Crippen LogP contribution < -0.4 is 0 Å². The van der Waals surface area contributed by atoms with Gasteiger partial charge in [-0.25, -0.2) is 12.4 Å². The number of carboxylic acid groups (broad SMARTS) is 1. The van der Waals surface area contributed by atoms with Crippen molar-refractivity contribution in [1.29, 1.82) is 0 Å². The summed E-state index contributed by atoms with van der Waals surface area (Å²) in [5.74, 6) is -1.05. The first kappa shape index (κ1) is 19.9.